The Labute approximate surface area is 147 Å². The molecular weight excluding hydrogens is 328 g/mol. The molecule has 25 heavy (non-hydrogen) atoms. The van der Waals surface area contributed by atoms with E-state index in [1.807, 2.05) is 6.92 Å². The van der Waals surface area contributed by atoms with Crippen LogP contribution in [-0.4, -0.2) is 73.8 Å². The fourth-order valence-electron chi connectivity index (χ4n) is 1.95. The molecule has 1 heterocycles. The van der Waals surface area contributed by atoms with Gasteiger partial charge in [0.2, 0.25) is 5.91 Å². The Balaban J connectivity index is 2.32. The molecule has 0 unspecified atom stereocenters. The molecule has 0 saturated carbocycles. The summed E-state index contributed by atoms with van der Waals surface area (Å²) in [5.41, 5.74) is -0.539. The molecule has 4 N–H and O–H groups in total. The number of carbonyl (C=O) groups excluding carboxylic acids is 3. The Morgan fingerprint density at radius 1 is 1.24 bits per heavy atom. The molecule has 4 amide bonds. The van der Waals surface area contributed by atoms with E-state index < -0.39 is 11.7 Å². The van der Waals surface area contributed by atoms with Crippen LogP contribution in [0.1, 0.15) is 27.7 Å². The maximum absolute atomic E-state index is 11.5. The lowest BCUT2D eigenvalue weighted by atomic mass is 10.2. The van der Waals surface area contributed by atoms with E-state index in [2.05, 4.69) is 26.3 Å². The highest BCUT2D eigenvalue weighted by atomic mass is 16.6. The lowest BCUT2D eigenvalue weighted by Gasteiger charge is -2.19. The van der Waals surface area contributed by atoms with Crippen molar-refractivity contribution in [2.24, 2.45) is 4.99 Å². The molecule has 0 radical (unpaired) electrons. The summed E-state index contributed by atoms with van der Waals surface area (Å²) >= 11 is 0. The molecule has 1 aliphatic heterocycles. The number of hydrogen-bond acceptors (Lipinski definition) is 5. The summed E-state index contributed by atoms with van der Waals surface area (Å²) in [6.07, 6.45) is -0.487. The summed E-state index contributed by atoms with van der Waals surface area (Å²) in [6.45, 7) is 9.34. The molecule has 1 aliphatic rings. The average molecular weight is 356 g/mol. The summed E-state index contributed by atoms with van der Waals surface area (Å²) in [5.74, 6) is 0.302. The number of guanidine groups is 1. The first-order valence-electron chi connectivity index (χ1n) is 8.30. The van der Waals surface area contributed by atoms with Gasteiger partial charge < -0.3 is 26.0 Å². The molecular formula is C15H28N6O4. The Morgan fingerprint density at radius 2 is 1.96 bits per heavy atom. The second-order valence-corrected chi connectivity index (χ2v) is 6.32. The zero-order valence-corrected chi connectivity index (χ0v) is 15.3. The molecule has 0 bridgehead atoms. The van der Waals surface area contributed by atoms with Gasteiger partial charge in [0.25, 0.3) is 0 Å². The predicted molar refractivity (Wildman–Crippen MR) is 93.3 cm³/mol. The smallest absolute Gasteiger partial charge is 0.407 e. The zero-order valence-electron chi connectivity index (χ0n) is 15.3. The number of amides is 4. The molecule has 1 fully saturated rings. The summed E-state index contributed by atoms with van der Waals surface area (Å²) < 4.78 is 5.13. The van der Waals surface area contributed by atoms with Crippen molar-refractivity contribution in [3.63, 3.8) is 0 Å². The second kappa shape index (κ2) is 9.70. The van der Waals surface area contributed by atoms with Crippen LogP contribution in [-0.2, 0) is 9.53 Å². The molecule has 142 valence electrons. The summed E-state index contributed by atoms with van der Waals surface area (Å²) in [6, 6.07) is -0.379. The van der Waals surface area contributed by atoms with Gasteiger partial charge in [-0.1, -0.05) is 0 Å². The number of aliphatic imine (C=N–C) groups is 1. The van der Waals surface area contributed by atoms with Gasteiger partial charge in [0.15, 0.2) is 5.96 Å². The molecule has 0 atom stereocenters. The van der Waals surface area contributed by atoms with Crippen LogP contribution >= 0.6 is 0 Å². The van der Waals surface area contributed by atoms with Crippen LogP contribution in [0, 0.1) is 0 Å². The van der Waals surface area contributed by atoms with Crippen LogP contribution in [0.2, 0.25) is 0 Å². The van der Waals surface area contributed by atoms with Crippen LogP contribution in [0.4, 0.5) is 9.59 Å². The fraction of sp³-hybridized carbons (Fsp3) is 0.733. The van der Waals surface area contributed by atoms with Crippen molar-refractivity contribution >= 4 is 24.0 Å². The minimum absolute atomic E-state index is 0.0450. The summed E-state index contributed by atoms with van der Waals surface area (Å²) in [5, 5.41) is 11.2. The molecule has 0 aromatic carbocycles. The van der Waals surface area contributed by atoms with E-state index in [1.165, 1.54) is 0 Å². The quantitative estimate of drug-likeness (QED) is 0.213. The molecule has 10 nitrogen and oxygen atoms in total. The number of imide groups is 1. The topological polar surface area (TPSA) is 124 Å². The highest BCUT2D eigenvalue weighted by Gasteiger charge is 2.27. The predicted octanol–water partition coefficient (Wildman–Crippen LogP) is -0.382. The third-order valence-corrected chi connectivity index (χ3v) is 2.96. The Hall–Kier alpha value is -2.52. The first kappa shape index (κ1) is 20.5. The van der Waals surface area contributed by atoms with Crippen LogP contribution in [0.3, 0.4) is 0 Å². The molecule has 1 rings (SSSR count). The van der Waals surface area contributed by atoms with Gasteiger partial charge in [-0.05, 0) is 27.7 Å². The van der Waals surface area contributed by atoms with Gasteiger partial charge in [-0.3, -0.25) is 14.7 Å². The van der Waals surface area contributed by atoms with Crippen molar-refractivity contribution < 1.29 is 19.1 Å². The Morgan fingerprint density at radius 3 is 2.52 bits per heavy atom. The Kier molecular flexibility index (Phi) is 7.96. The molecule has 0 aromatic rings. The minimum atomic E-state index is -0.539. The summed E-state index contributed by atoms with van der Waals surface area (Å²) in [7, 11) is 0. The monoisotopic (exact) mass is 356 g/mol. The van der Waals surface area contributed by atoms with Gasteiger partial charge in [0.05, 0.1) is 13.1 Å². The Bertz CT molecular complexity index is 499. The molecule has 0 aliphatic carbocycles. The number of rotatable bonds is 7. The highest BCUT2D eigenvalue weighted by molar-refractivity contribution is 6.01. The highest BCUT2D eigenvalue weighted by Crippen LogP contribution is 2.06. The van der Waals surface area contributed by atoms with E-state index in [0.717, 1.165) is 4.90 Å². The molecule has 1 saturated heterocycles. The van der Waals surface area contributed by atoms with E-state index in [0.29, 0.717) is 32.1 Å². The normalized spacial score (nSPS) is 15.0. The number of hydrogen-bond donors (Lipinski definition) is 4. The third-order valence-electron chi connectivity index (χ3n) is 2.96. The van der Waals surface area contributed by atoms with E-state index in [9.17, 15) is 14.4 Å². The van der Waals surface area contributed by atoms with Crippen molar-refractivity contribution in [3.05, 3.63) is 0 Å². The van der Waals surface area contributed by atoms with E-state index in [4.69, 9.17) is 4.74 Å². The molecule has 10 heteroatoms. The molecule has 0 spiro atoms. The maximum Gasteiger partial charge on any atom is 0.407 e. The number of nitrogens with zero attached hydrogens (tertiary/aromatic N) is 2. The minimum Gasteiger partial charge on any atom is -0.444 e. The lowest BCUT2D eigenvalue weighted by Crippen LogP contribution is -2.43. The first-order chi connectivity index (χ1) is 11.7. The van der Waals surface area contributed by atoms with Gasteiger partial charge >= 0.3 is 12.1 Å². The van der Waals surface area contributed by atoms with Crippen molar-refractivity contribution in [1.29, 1.82) is 0 Å². The standard InChI is InChI=1S/C15H28N6O4/c1-5-16-12(17-6-7-19-14(24)25-15(2,3)4)18-8-9-21-11(22)10-20-13(21)23/h5-10H2,1-4H3,(H,19,24)(H,20,23)(H2,16,17,18). The van der Waals surface area contributed by atoms with Crippen molar-refractivity contribution in [2.75, 3.05) is 39.3 Å². The van der Waals surface area contributed by atoms with Crippen LogP contribution in [0.5, 0.6) is 0 Å². The maximum atomic E-state index is 11.5. The van der Waals surface area contributed by atoms with Crippen molar-refractivity contribution in [2.45, 2.75) is 33.3 Å². The molecule has 0 aromatic heterocycles. The van der Waals surface area contributed by atoms with Gasteiger partial charge in [-0.2, -0.15) is 0 Å². The van der Waals surface area contributed by atoms with Gasteiger partial charge in [0, 0.05) is 26.2 Å². The van der Waals surface area contributed by atoms with E-state index in [1.54, 1.807) is 20.8 Å². The average Bonchev–Trinajstić information content (AvgIpc) is 2.81. The third kappa shape index (κ3) is 8.23. The lowest BCUT2D eigenvalue weighted by molar-refractivity contribution is -0.124. The number of urea groups is 1. The second-order valence-electron chi connectivity index (χ2n) is 6.32. The van der Waals surface area contributed by atoms with Gasteiger partial charge in [-0.15, -0.1) is 0 Å². The van der Waals surface area contributed by atoms with Gasteiger partial charge in [0.1, 0.15) is 5.60 Å². The number of carbonyl (C=O) groups is 3. The van der Waals surface area contributed by atoms with E-state index >= 15 is 0 Å². The van der Waals surface area contributed by atoms with Gasteiger partial charge in [-0.25, -0.2) is 9.59 Å². The first-order valence-corrected chi connectivity index (χ1v) is 8.30. The number of nitrogens with one attached hydrogen (secondary N) is 4. The SMILES string of the molecule is CCNC(=NCCNC(=O)OC(C)(C)C)NCCN1C(=O)CNC1=O. The van der Waals surface area contributed by atoms with Crippen LogP contribution in [0.15, 0.2) is 4.99 Å². The van der Waals surface area contributed by atoms with E-state index in [-0.39, 0.29) is 25.0 Å². The summed E-state index contributed by atoms with van der Waals surface area (Å²) in [4.78, 5) is 39.9. The largest absolute Gasteiger partial charge is 0.444 e. The number of ether oxygens (including phenoxy) is 1. The fourth-order valence-corrected chi connectivity index (χ4v) is 1.95. The zero-order chi connectivity index (χ0) is 18.9. The van der Waals surface area contributed by atoms with Crippen molar-refractivity contribution in [1.82, 2.24) is 26.2 Å². The number of alkyl carbamates (subject to hydrolysis) is 1. The van der Waals surface area contributed by atoms with Crippen LogP contribution < -0.4 is 21.3 Å². The van der Waals surface area contributed by atoms with Crippen molar-refractivity contribution in [3.8, 4) is 0 Å². The van der Waals surface area contributed by atoms with Crippen LogP contribution in [0.25, 0.3) is 0 Å².